The van der Waals surface area contributed by atoms with Crippen molar-refractivity contribution in [2.45, 2.75) is 77.8 Å². The number of rotatable bonds is 4. The van der Waals surface area contributed by atoms with Gasteiger partial charge in [0.1, 0.15) is 0 Å². The fourth-order valence-electron chi connectivity index (χ4n) is 4.04. The van der Waals surface area contributed by atoms with Crippen LogP contribution in [0.1, 0.15) is 88.0 Å². The monoisotopic (exact) mass is 327 g/mol. The molecule has 0 amide bonds. The molecule has 2 nitrogen and oxygen atoms in total. The predicted octanol–water partition coefficient (Wildman–Crippen LogP) is 5.20. The molecule has 1 aromatic carbocycles. The normalized spacial score (nSPS) is 24.0. The maximum atomic E-state index is 5.72. The molecule has 2 heteroatoms. The molecule has 1 fully saturated rings. The molecule has 0 radical (unpaired) electrons. The molecule has 1 aromatic rings. The highest BCUT2D eigenvalue weighted by Gasteiger charge is 2.29. The van der Waals surface area contributed by atoms with Crippen molar-refractivity contribution in [3.8, 4) is 0 Å². The molecule has 1 N–H and O–H groups in total. The van der Waals surface area contributed by atoms with Crippen LogP contribution in [0.4, 0.5) is 0 Å². The van der Waals surface area contributed by atoms with Gasteiger partial charge in [-0.05, 0) is 52.0 Å². The molecule has 2 heterocycles. The van der Waals surface area contributed by atoms with Crippen molar-refractivity contribution in [3.63, 3.8) is 0 Å². The summed E-state index contributed by atoms with van der Waals surface area (Å²) in [7, 11) is 0. The first-order valence-electron chi connectivity index (χ1n) is 9.59. The second-order valence-electron chi connectivity index (χ2n) is 8.44. The Bertz CT molecular complexity index is 598. The minimum absolute atomic E-state index is 0.372. The van der Waals surface area contributed by atoms with Gasteiger partial charge in [0.05, 0.1) is 13.2 Å². The van der Waals surface area contributed by atoms with Crippen LogP contribution in [0, 0.1) is 0 Å². The van der Waals surface area contributed by atoms with Crippen molar-refractivity contribution < 1.29 is 4.74 Å². The first-order valence-corrected chi connectivity index (χ1v) is 9.59. The molecule has 2 aliphatic rings. The summed E-state index contributed by atoms with van der Waals surface area (Å²) in [6.07, 6.45) is 3.51. The van der Waals surface area contributed by atoms with Gasteiger partial charge in [-0.1, -0.05) is 59.8 Å². The van der Waals surface area contributed by atoms with Crippen molar-refractivity contribution in [2.24, 2.45) is 0 Å². The number of hydrogen-bond donors (Lipinski definition) is 1. The Kier molecular flexibility index (Phi) is 5.17. The highest BCUT2D eigenvalue weighted by molar-refractivity contribution is 5.74. The van der Waals surface area contributed by atoms with E-state index in [2.05, 4.69) is 65.1 Å². The first kappa shape index (κ1) is 17.7. The van der Waals surface area contributed by atoms with Crippen LogP contribution >= 0.6 is 0 Å². The smallest absolute Gasteiger partial charge is 0.0656 e. The van der Waals surface area contributed by atoms with Crippen LogP contribution in [0.25, 0.3) is 5.57 Å². The molecule has 0 aliphatic carbocycles. The van der Waals surface area contributed by atoms with Gasteiger partial charge in [0.15, 0.2) is 0 Å². The Labute approximate surface area is 147 Å². The van der Waals surface area contributed by atoms with E-state index in [-0.39, 0.29) is 0 Å². The van der Waals surface area contributed by atoms with Gasteiger partial charge < -0.3 is 10.1 Å². The average molecular weight is 328 g/mol. The molecule has 2 atom stereocenters. The topological polar surface area (TPSA) is 21.3 Å². The predicted molar refractivity (Wildman–Crippen MR) is 103 cm³/mol. The molecule has 1 saturated heterocycles. The van der Waals surface area contributed by atoms with Crippen LogP contribution in [0.2, 0.25) is 0 Å². The second-order valence-corrected chi connectivity index (χ2v) is 8.44. The van der Waals surface area contributed by atoms with Gasteiger partial charge in [-0.15, -0.1) is 0 Å². The molecule has 2 unspecified atom stereocenters. The fraction of sp³-hybridized carbons (Fsp3) is 0.636. The lowest BCUT2D eigenvalue weighted by atomic mass is 9.79. The largest absolute Gasteiger partial charge is 0.378 e. The van der Waals surface area contributed by atoms with Crippen molar-refractivity contribution in [2.75, 3.05) is 13.2 Å². The summed E-state index contributed by atoms with van der Waals surface area (Å²) in [6.45, 7) is 15.6. The van der Waals surface area contributed by atoms with E-state index in [4.69, 9.17) is 4.74 Å². The molecular formula is C22H33NO. The summed E-state index contributed by atoms with van der Waals surface area (Å²) in [5.41, 5.74) is 7.59. The van der Waals surface area contributed by atoms with E-state index in [0.717, 1.165) is 19.6 Å². The summed E-state index contributed by atoms with van der Waals surface area (Å²) in [5.74, 6) is 1.66. The lowest BCUT2D eigenvalue weighted by Crippen LogP contribution is -2.50. The lowest BCUT2D eigenvalue weighted by Gasteiger charge is -2.36. The van der Waals surface area contributed by atoms with E-state index in [0.29, 0.717) is 29.8 Å². The summed E-state index contributed by atoms with van der Waals surface area (Å²) in [6, 6.07) is 5.77. The lowest BCUT2D eigenvalue weighted by molar-refractivity contribution is 0.0561. The van der Waals surface area contributed by atoms with Gasteiger partial charge >= 0.3 is 0 Å². The number of fused-ring (bicyclic) bond motifs is 2. The Morgan fingerprint density at radius 1 is 0.917 bits per heavy atom. The molecule has 132 valence electrons. The van der Waals surface area contributed by atoms with Gasteiger partial charge in [0, 0.05) is 12.1 Å². The van der Waals surface area contributed by atoms with Crippen LogP contribution in [0.3, 0.4) is 0 Å². The van der Waals surface area contributed by atoms with Crippen LogP contribution < -0.4 is 5.32 Å². The van der Waals surface area contributed by atoms with Crippen LogP contribution in [0.15, 0.2) is 18.2 Å². The zero-order valence-electron chi connectivity index (χ0n) is 16.1. The van der Waals surface area contributed by atoms with Crippen LogP contribution in [-0.4, -0.2) is 25.3 Å². The SMILES string of the molecule is CC(C)c1cc(C(C)C)c(C2=CC3COCC(C2)N3)c(C(C)C)c1. The van der Waals surface area contributed by atoms with Crippen molar-refractivity contribution in [1.29, 1.82) is 0 Å². The molecule has 3 rings (SSSR count). The van der Waals surface area contributed by atoms with Crippen LogP contribution in [0.5, 0.6) is 0 Å². The molecule has 0 spiro atoms. The third-order valence-corrected chi connectivity index (χ3v) is 5.39. The maximum Gasteiger partial charge on any atom is 0.0656 e. The van der Waals surface area contributed by atoms with Crippen molar-refractivity contribution >= 4 is 5.57 Å². The minimum Gasteiger partial charge on any atom is -0.378 e. The summed E-state index contributed by atoms with van der Waals surface area (Å²) < 4.78 is 5.72. The van der Waals surface area contributed by atoms with Crippen molar-refractivity contribution in [1.82, 2.24) is 5.32 Å². The zero-order chi connectivity index (χ0) is 17.4. The Morgan fingerprint density at radius 2 is 1.54 bits per heavy atom. The molecule has 0 aromatic heterocycles. The first-order chi connectivity index (χ1) is 11.4. The molecule has 2 bridgehead atoms. The van der Waals surface area contributed by atoms with Gasteiger partial charge in [-0.2, -0.15) is 0 Å². The van der Waals surface area contributed by atoms with E-state index >= 15 is 0 Å². The third-order valence-electron chi connectivity index (χ3n) is 5.39. The highest BCUT2D eigenvalue weighted by atomic mass is 16.5. The molecular weight excluding hydrogens is 294 g/mol. The fourth-order valence-corrected chi connectivity index (χ4v) is 4.04. The van der Waals surface area contributed by atoms with Gasteiger partial charge in [0.2, 0.25) is 0 Å². The summed E-state index contributed by atoms with van der Waals surface area (Å²) >= 11 is 0. The number of morpholine rings is 1. The quantitative estimate of drug-likeness (QED) is 0.820. The Hall–Kier alpha value is -1.12. The minimum atomic E-state index is 0.372. The average Bonchev–Trinajstić information content (AvgIpc) is 2.52. The molecule has 2 aliphatic heterocycles. The summed E-state index contributed by atoms with van der Waals surface area (Å²) in [4.78, 5) is 0. The van der Waals surface area contributed by atoms with Gasteiger partial charge in [0.25, 0.3) is 0 Å². The van der Waals surface area contributed by atoms with Gasteiger partial charge in [-0.25, -0.2) is 0 Å². The van der Waals surface area contributed by atoms with Crippen LogP contribution in [-0.2, 0) is 4.74 Å². The number of benzene rings is 1. The van der Waals surface area contributed by atoms with E-state index in [1.807, 2.05) is 0 Å². The summed E-state index contributed by atoms with van der Waals surface area (Å²) in [5, 5.41) is 3.68. The Morgan fingerprint density at radius 3 is 2.04 bits per heavy atom. The molecule has 0 saturated carbocycles. The number of ether oxygens (including phenoxy) is 1. The van der Waals surface area contributed by atoms with E-state index < -0.39 is 0 Å². The Balaban J connectivity index is 2.16. The number of nitrogens with one attached hydrogen (secondary N) is 1. The third kappa shape index (κ3) is 3.45. The molecule has 24 heavy (non-hydrogen) atoms. The van der Waals surface area contributed by atoms with E-state index in [1.165, 1.54) is 27.8 Å². The van der Waals surface area contributed by atoms with Gasteiger partial charge in [-0.3, -0.25) is 0 Å². The van der Waals surface area contributed by atoms with Crippen molar-refractivity contribution in [3.05, 3.63) is 40.5 Å². The second kappa shape index (κ2) is 7.01. The standard InChI is InChI=1S/C22H33NO/c1-13(2)16-9-20(14(3)4)22(21(10-16)15(5)6)17-7-18-11-24-12-19(8-17)23-18/h7,9-10,13-15,18-19,23H,8,11-12H2,1-6H3. The van der Waals surface area contributed by atoms with E-state index in [9.17, 15) is 0 Å². The number of hydrogen-bond acceptors (Lipinski definition) is 2. The van der Waals surface area contributed by atoms with E-state index in [1.54, 1.807) is 0 Å². The highest BCUT2D eigenvalue weighted by Crippen LogP contribution is 2.39. The maximum absolute atomic E-state index is 5.72. The zero-order valence-corrected chi connectivity index (χ0v) is 16.1.